The zero-order valence-corrected chi connectivity index (χ0v) is 12.5. The van der Waals surface area contributed by atoms with Crippen LogP contribution in [0.15, 0.2) is 12.4 Å². The second kappa shape index (κ2) is 6.60. The second-order valence-corrected chi connectivity index (χ2v) is 5.73. The van der Waals surface area contributed by atoms with Crippen molar-refractivity contribution in [1.29, 1.82) is 0 Å². The van der Waals surface area contributed by atoms with E-state index >= 15 is 0 Å². The molecule has 1 aromatic heterocycles. The molecule has 0 radical (unpaired) electrons. The van der Waals surface area contributed by atoms with Crippen molar-refractivity contribution < 1.29 is 14.7 Å². The zero-order chi connectivity index (χ0) is 15.4. The van der Waals surface area contributed by atoms with E-state index in [1.165, 1.54) is 0 Å². The minimum Gasteiger partial charge on any atom is -0.481 e. The summed E-state index contributed by atoms with van der Waals surface area (Å²) in [5, 5.41) is 16.1. The Kier molecular flexibility index (Phi) is 4.82. The molecule has 1 aromatic rings. The highest BCUT2D eigenvalue weighted by molar-refractivity contribution is 5.74. The van der Waals surface area contributed by atoms with Gasteiger partial charge in [0.1, 0.15) is 0 Å². The van der Waals surface area contributed by atoms with E-state index in [9.17, 15) is 9.59 Å². The average molecular weight is 294 g/mol. The Morgan fingerprint density at radius 2 is 2.29 bits per heavy atom. The summed E-state index contributed by atoms with van der Waals surface area (Å²) >= 11 is 0. The molecule has 2 rings (SSSR count). The lowest BCUT2D eigenvalue weighted by molar-refractivity contribution is -0.143. The summed E-state index contributed by atoms with van der Waals surface area (Å²) in [6, 6.07) is -0.224. The number of carboxylic acid groups (broad SMARTS) is 1. The fourth-order valence-corrected chi connectivity index (χ4v) is 2.73. The number of hydrogen-bond donors (Lipinski definition) is 2. The van der Waals surface area contributed by atoms with E-state index in [-0.39, 0.29) is 18.0 Å². The fourth-order valence-electron chi connectivity index (χ4n) is 2.73. The summed E-state index contributed by atoms with van der Waals surface area (Å²) in [6.07, 6.45) is 6.50. The number of aromatic nitrogens is 2. The first-order valence-electron chi connectivity index (χ1n) is 7.17. The molecule has 1 aliphatic rings. The number of rotatable bonds is 4. The Morgan fingerprint density at radius 3 is 2.90 bits per heavy atom. The number of hydrogen-bond acceptors (Lipinski definition) is 3. The monoisotopic (exact) mass is 294 g/mol. The molecule has 2 N–H and O–H groups in total. The lowest BCUT2D eigenvalue weighted by Gasteiger charge is -2.29. The van der Waals surface area contributed by atoms with Crippen LogP contribution in [0, 0.1) is 5.92 Å². The van der Waals surface area contributed by atoms with E-state index in [0.717, 1.165) is 18.4 Å². The number of aryl methyl sites for hydroxylation is 1. The van der Waals surface area contributed by atoms with E-state index in [1.807, 2.05) is 13.2 Å². The van der Waals surface area contributed by atoms with Gasteiger partial charge in [0.15, 0.2) is 0 Å². The lowest BCUT2D eigenvalue weighted by atomic mass is 9.86. The number of carbonyl (C=O) groups excluding carboxylic acids is 1. The van der Waals surface area contributed by atoms with Gasteiger partial charge in [-0.25, -0.2) is 4.79 Å². The number of carbonyl (C=O) groups is 2. The van der Waals surface area contributed by atoms with Crippen LogP contribution in [0.25, 0.3) is 0 Å². The first-order valence-corrected chi connectivity index (χ1v) is 7.17. The summed E-state index contributed by atoms with van der Waals surface area (Å²) in [4.78, 5) is 24.8. The maximum absolute atomic E-state index is 12.1. The van der Waals surface area contributed by atoms with Crippen LogP contribution in [0.3, 0.4) is 0 Å². The van der Waals surface area contributed by atoms with Gasteiger partial charge in [0.05, 0.1) is 18.7 Å². The Bertz CT molecular complexity index is 514. The van der Waals surface area contributed by atoms with Crippen LogP contribution in [0.1, 0.15) is 31.2 Å². The number of urea groups is 1. The maximum Gasteiger partial charge on any atom is 0.317 e. The highest BCUT2D eigenvalue weighted by atomic mass is 16.4. The van der Waals surface area contributed by atoms with Crippen LogP contribution in [-0.4, -0.2) is 44.9 Å². The van der Waals surface area contributed by atoms with Crippen LogP contribution < -0.4 is 5.32 Å². The third-order valence-corrected chi connectivity index (χ3v) is 3.88. The molecule has 0 aromatic carbocycles. The topological polar surface area (TPSA) is 87.5 Å². The predicted octanol–water partition coefficient (Wildman–Crippen LogP) is 1.20. The van der Waals surface area contributed by atoms with Gasteiger partial charge in [-0.2, -0.15) is 5.10 Å². The Hall–Kier alpha value is -2.05. The summed E-state index contributed by atoms with van der Waals surface area (Å²) in [5.41, 5.74) is 0.960. The Labute approximate surface area is 123 Å². The Morgan fingerprint density at radius 1 is 1.52 bits per heavy atom. The van der Waals surface area contributed by atoms with Crippen molar-refractivity contribution in [3.63, 3.8) is 0 Å². The minimum absolute atomic E-state index is 0.0521. The van der Waals surface area contributed by atoms with Crippen molar-refractivity contribution >= 4 is 12.0 Å². The van der Waals surface area contributed by atoms with Crippen LogP contribution in [0.2, 0.25) is 0 Å². The lowest BCUT2D eigenvalue weighted by Crippen LogP contribution is -2.45. The van der Waals surface area contributed by atoms with Crippen LogP contribution in [0.4, 0.5) is 4.79 Å². The molecular formula is C14H22N4O3. The summed E-state index contributed by atoms with van der Waals surface area (Å²) in [6.45, 7) is 0.481. The summed E-state index contributed by atoms with van der Waals surface area (Å²) in [5.74, 6) is -1.11. The predicted molar refractivity (Wildman–Crippen MR) is 76.6 cm³/mol. The van der Waals surface area contributed by atoms with Crippen molar-refractivity contribution in [3.8, 4) is 0 Å². The van der Waals surface area contributed by atoms with Gasteiger partial charge in [-0.05, 0) is 19.3 Å². The molecule has 7 heteroatoms. The van der Waals surface area contributed by atoms with Crippen molar-refractivity contribution in [2.24, 2.45) is 13.0 Å². The number of amides is 2. The third-order valence-electron chi connectivity index (χ3n) is 3.88. The van der Waals surface area contributed by atoms with Gasteiger partial charge in [-0.3, -0.25) is 9.48 Å². The van der Waals surface area contributed by atoms with Crippen LogP contribution in [0.5, 0.6) is 0 Å². The molecule has 0 bridgehead atoms. The van der Waals surface area contributed by atoms with Gasteiger partial charge < -0.3 is 15.3 Å². The Balaban J connectivity index is 1.84. The average Bonchev–Trinajstić information content (AvgIpc) is 2.84. The van der Waals surface area contributed by atoms with Crippen molar-refractivity contribution in [1.82, 2.24) is 20.0 Å². The maximum atomic E-state index is 12.1. The fraction of sp³-hybridized carbons (Fsp3) is 0.643. The van der Waals surface area contributed by atoms with Gasteiger partial charge in [-0.1, -0.05) is 6.42 Å². The van der Waals surface area contributed by atoms with Gasteiger partial charge >= 0.3 is 12.0 Å². The normalized spacial score (nSPS) is 21.8. The molecule has 21 heavy (non-hydrogen) atoms. The standard InChI is InChI=1S/C14H22N4O3/c1-17(8-10-7-15-18(2)9-10)14(21)16-12-5-3-4-11(6-12)13(19)20/h7,9,11-12H,3-6,8H2,1-2H3,(H,16,21)(H,19,20). The molecule has 2 unspecified atom stereocenters. The minimum atomic E-state index is -0.766. The van der Waals surface area contributed by atoms with E-state index in [1.54, 1.807) is 22.8 Å². The number of nitrogens with one attached hydrogen (secondary N) is 1. The zero-order valence-electron chi connectivity index (χ0n) is 12.5. The molecule has 1 heterocycles. The molecule has 116 valence electrons. The van der Waals surface area contributed by atoms with Crippen LogP contribution >= 0.6 is 0 Å². The molecule has 1 saturated carbocycles. The van der Waals surface area contributed by atoms with E-state index in [2.05, 4.69) is 10.4 Å². The molecule has 7 nitrogen and oxygen atoms in total. The smallest absolute Gasteiger partial charge is 0.317 e. The van der Waals surface area contributed by atoms with E-state index in [4.69, 9.17) is 5.11 Å². The molecule has 0 spiro atoms. The third kappa shape index (κ3) is 4.21. The SMILES string of the molecule is CN(Cc1cnn(C)c1)C(=O)NC1CCCC(C(=O)O)C1. The van der Waals surface area contributed by atoms with Gasteiger partial charge in [0.25, 0.3) is 0 Å². The first-order chi connectivity index (χ1) is 9.95. The van der Waals surface area contributed by atoms with Gasteiger partial charge in [0, 0.05) is 31.9 Å². The summed E-state index contributed by atoms with van der Waals surface area (Å²) in [7, 11) is 3.55. The second-order valence-electron chi connectivity index (χ2n) is 5.73. The van der Waals surface area contributed by atoms with Crippen molar-refractivity contribution in [2.45, 2.75) is 38.3 Å². The number of nitrogens with zero attached hydrogens (tertiary/aromatic N) is 3. The van der Waals surface area contributed by atoms with Crippen molar-refractivity contribution in [3.05, 3.63) is 18.0 Å². The van der Waals surface area contributed by atoms with E-state index < -0.39 is 5.97 Å². The highest BCUT2D eigenvalue weighted by Gasteiger charge is 2.28. The van der Waals surface area contributed by atoms with Crippen molar-refractivity contribution in [2.75, 3.05) is 7.05 Å². The van der Waals surface area contributed by atoms with Gasteiger partial charge in [0.2, 0.25) is 0 Å². The van der Waals surface area contributed by atoms with E-state index in [0.29, 0.717) is 19.4 Å². The first kappa shape index (κ1) is 15.3. The molecule has 1 aliphatic carbocycles. The number of aliphatic carboxylic acids is 1. The summed E-state index contributed by atoms with van der Waals surface area (Å²) < 4.78 is 1.69. The molecule has 2 atom stereocenters. The molecule has 0 saturated heterocycles. The molecule has 1 fully saturated rings. The van der Waals surface area contributed by atoms with Crippen LogP contribution in [-0.2, 0) is 18.4 Å². The largest absolute Gasteiger partial charge is 0.481 e. The highest BCUT2D eigenvalue weighted by Crippen LogP contribution is 2.24. The molecule has 0 aliphatic heterocycles. The molecular weight excluding hydrogens is 272 g/mol. The quantitative estimate of drug-likeness (QED) is 0.873. The number of carboxylic acids is 1. The molecule has 2 amide bonds. The van der Waals surface area contributed by atoms with Gasteiger partial charge in [-0.15, -0.1) is 0 Å².